The summed E-state index contributed by atoms with van der Waals surface area (Å²) in [7, 11) is 1.94. The third-order valence-corrected chi connectivity index (χ3v) is 6.08. The normalized spacial score (nSPS) is 19.6. The Morgan fingerprint density at radius 3 is 2.73 bits per heavy atom. The zero-order chi connectivity index (χ0) is 21.8. The summed E-state index contributed by atoms with van der Waals surface area (Å²) in [6, 6.07) is 4.48. The van der Waals surface area contributed by atoms with E-state index in [2.05, 4.69) is 10.6 Å². The smallest absolute Gasteiger partial charge is 0.308 e. The fraction of sp³-hybridized carbons (Fsp3) is 0.522. The first-order chi connectivity index (χ1) is 14.3. The second-order valence-corrected chi connectivity index (χ2v) is 8.31. The highest BCUT2D eigenvalue weighted by molar-refractivity contribution is 6.00. The third-order valence-electron chi connectivity index (χ3n) is 6.08. The number of carboxylic acid groups (broad SMARTS) is 1. The van der Waals surface area contributed by atoms with Gasteiger partial charge in [0.15, 0.2) is 0 Å². The van der Waals surface area contributed by atoms with Gasteiger partial charge < -0.3 is 20.3 Å². The first-order valence-electron chi connectivity index (χ1n) is 10.7. The van der Waals surface area contributed by atoms with Gasteiger partial charge in [-0.1, -0.05) is 32.3 Å². The van der Waals surface area contributed by atoms with Crippen molar-refractivity contribution >= 4 is 28.7 Å². The maximum atomic E-state index is 12.9. The lowest BCUT2D eigenvalue weighted by Gasteiger charge is -2.23. The van der Waals surface area contributed by atoms with Crippen LogP contribution in [0.3, 0.4) is 0 Å². The lowest BCUT2D eigenvalue weighted by molar-refractivity contribution is -0.142. The molecule has 0 spiro atoms. The number of hydrogen-bond donors (Lipinski definition) is 3. The van der Waals surface area contributed by atoms with Crippen LogP contribution in [0.5, 0.6) is 0 Å². The molecule has 2 aromatic rings. The van der Waals surface area contributed by atoms with Crippen LogP contribution in [0, 0.1) is 12.8 Å². The first-order valence-corrected chi connectivity index (χ1v) is 10.7. The van der Waals surface area contributed by atoms with Gasteiger partial charge in [0.2, 0.25) is 5.91 Å². The molecule has 30 heavy (non-hydrogen) atoms. The van der Waals surface area contributed by atoms with Gasteiger partial charge in [0.25, 0.3) is 5.91 Å². The van der Waals surface area contributed by atoms with Crippen molar-refractivity contribution in [2.45, 2.75) is 64.5 Å². The van der Waals surface area contributed by atoms with Gasteiger partial charge >= 0.3 is 5.97 Å². The van der Waals surface area contributed by atoms with Crippen molar-refractivity contribution in [3.63, 3.8) is 0 Å². The fourth-order valence-corrected chi connectivity index (χ4v) is 4.36. The lowest BCUT2D eigenvalue weighted by atomic mass is 10.0. The molecule has 1 saturated carbocycles. The number of nitrogens with zero attached hydrogens (tertiary/aromatic N) is 1. The maximum absolute atomic E-state index is 12.9. The summed E-state index contributed by atoms with van der Waals surface area (Å²) in [6.07, 6.45) is 6.23. The highest BCUT2D eigenvalue weighted by atomic mass is 16.4. The summed E-state index contributed by atoms with van der Waals surface area (Å²) in [6.45, 7) is 4.06. The van der Waals surface area contributed by atoms with E-state index in [1.807, 2.05) is 43.8 Å². The molecular weight excluding hydrogens is 382 g/mol. The number of carboxylic acids is 1. The molecule has 7 heteroatoms. The summed E-state index contributed by atoms with van der Waals surface area (Å²) in [4.78, 5) is 37.2. The molecule has 0 saturated heterocycles. The van der Waals surface area contributed by atoms with Crippen molar-refractivity contribution < 1.29 is 19.5 Å². The average molecular weight is 414 g/mol. The van der Waals surface area contributed by atoms with Gasteiger partial charge in [-0.05, 0) is 43.9 Å². The summed E-state index contributed by atoms with van der Waals surface area (Å²) >= 11 is 0. The zero-order valence-corrected chi connectivity index (χ0v) is 17.9. The van der Waals surface area contributed by atoms with E-state index in [0.29, 0.717) is 24.8 Å². The average Bonchev–Trinajstić information content (AvgIpc) is 3.29. The molecule has 1 aliphatic rings. The van der Waals surface area contributed by atoms with Crippen molar-refractivity contribution in [3.05, 3.63) is 35.5 Å². The number of unbranched alkanes of at least 4 members (excludes halogenated alkanes) is 1. The van der Waals surface area contributed by atoms with Crippen LogP contribution in [0.25, 0.3) is 10.9 Å². The van der Waals surface area contributed by atoms with E-state index < -0.39 is 17.9 Å². The van der Waals surface area contributed by atoms with Crippen LogP contribution >= 0.6 is 0 Å². The van der Waals surface area contributed by atoms with Gasteiger partial charge in [-0.2, -0.15) is 0 Å². The molecular formula is C23H31N3O4. The molecule has 3 rings (SSSR count). The number of rotatable bonds is 8. The number of hydrogen-bond acceptors (Lipinski definition) is 3. The van der Waals surface area contributed by atoms with Crippen LogP contribution in [0.2, 0.25) is 0 Å². The minimum absolute atomic E-state index is 0.298. The topological polar surface area (TPSA) is 100 Å². The second kappa shape index (κ2) is 9.32. The van der Waals surface area contributed by atoms with Crippen molar-refractivity contribution in [3.8, 4) is 0 Å². The van der Waals surface area contributed by atoms with Crippen LogP contribution < -0.4 is 10.6 Å². The minimum Gasteiger partial charge on any atom is -0.481 e. The quantitative estimate of drug-likeness (QED) is 0.619. The number of aryl methyl sites for hydroxylation is 2. The molecule has 162 valence electrons. The summed E-state index contributed by atoms with van der Waals surface area (Å²) in [5, 5.41) is 16.2. The molecule has 3 N–H and O–H groups in total. The van der Waals surface area contributed by atoms with E-state index in [1.54, 1.807) is 6.07 Å². The Bertz CT molecular complexity index is 949. The number of aromatic nitrogens is 1. The number of carbonyl (C=O) groups is 3. The number of nitrogens with one attached hydrogen (secondary N) is 2. The second-order valence-electron chi connectivity index (χ2n) is 8.31. The number of amides is 2. The lowest BCUT2D eigenvalue weighted by Crippen LogP contribution is -2.51. The Labute approximate surface area is 176 Å². The minimum atomic E-state index is -0.877. The van der Waals surface area contributed by atoms with Gasteiger partial charge in [0.05, 0.1) is 5.92 Å². The molecule has 3 atom stereocenters. The van der Waals surface area contributed by atoms with Crippen LogP contribution in [-0.2, 0) is 16.6 Å². The predicted molar refractivity (Wildman–Crippen MR) is 115 cm³/mol. The van der Waals surface area contributed by atoms with Gasteiger partial charge in [-0.25, -0.2) is 0 Å². The summed E-state index contributed by atoms with van der Waals surface area (Å²) in [5.41, 5.74) is 2.61. The highest BCUT2D eigenvalue weighted by Crippen LogP contribution is 2.26. The SMILES string of the molecule is CCCC[C@H](NC(=O)c1ccc2c(C)cn(C)c2c1)C(=O)N[C@H]1CCC[C@H]1C(=O)O. The van der Waals surface area contributed by atoms with E-state index in [0.717, 1.165) is 35.7 Å². The number of fused-ring (bicyclic) bond motifs is 1. The van der Waals surface area contributed by atoms with Gasteiger partial charge in [0.1, 0.15) is 6.04 Å². The van der Waals surface area contributed by atoms with Crippen molar-refractivity contribution in [2.75, 3.05) is 0 Å². The predicted octanol–water partition coefficient (Wildman–Crippen LogP) is 3.14. The Morgan fingerprint density at radius 2 is 2.03 bits per heavy atom. The number of aliphatic carboxylic acids is 1. The van der Waals surface area contributed by atoms with Gasteiger partial charge in [0, 0.05) is 35.8 Å². The molecule has 1 fully saturated rings. The van der Waals surface area contributed by atoms with Crippen LogP contribution in [0.4, 0.5) is 0 Å². The first kappa shape index (κ1) is 21.9. The molecule has 0 unspecified atom stereocenters. The Balaban J connectivity index is 1.73. The largest absolute Gasteiger partial charge is 0.481 e. The van der Waals surface area contributed by atoms with E-state index in [-0.39, 0.29) is 17.9 Å². The van der Waals surface area contributed by atoms with Crippen molar-refractivity contribution in [1.29, 1.82) is 0 Å². The Morgan fingerprint density at radius 1 is 1.27 bits per heavy atom. The Kier molecular flexibility index (Phi) is 6.80. The van der Waals surface area contributed by atoms with E-state index >= 15 is 0 Å². The van der Waals surface area contributed by atoms with Crippen LogP contribution in [0.15, 0.2) is 24.4 Å². The fourth-order valence-electron chi connectivity index (χ4n) is 4.36. The van der Waals surface area contributed by atoms with E-state index in [1.165, 1.54) is 0 Å². The number of carbonyl (C=O) groups excluding carboxylic acids is 2. The molecule has 7 nitrogen and oxygen atoms in total. The number of benzene rings is 1. The molecule has 0 radical (unpaired) electrons. The molecule has 2 amide bonds. The van der Waals surface area contributed by atoms with Gasteiger partial charge in [-0.15, -0.1) is 0 Å². The molecule has 1 aromatic carbocycles. The highest BCUT2D eigenvalue weighted by Gasteiger charge is 2.35. The van der Waals surface area contributed by atoms with Crippen LogP contribution in [-0.4, -0.2) is 39.5 Å². The maximum Gasteiger partial charge on any atom is 0.308 e. The van der Waals surface area contributed by atoms with Crippen molar-refractivity contribution in [2.24, 2.45) is 13.0 Å². The summed E-state index contributed by atoms with van der Waals surface area (Å²) in [5.74, 6) is -2.03. The monoisotopic (exact) mass is 413 g/mol. The molecule has 1 aliphatic carbocycles. The Hall–Kier alpha value is -2.83. The molecule has 0 bridgehead atoms. The summed E-state index contributed by atoms with van der Waals surface area (Å²) < 4.78 is 1.98. The molecule has 1 aromatic heterocycles. The van der Waals surface area contributed by atoms with E-state index in [9.17, 15) is 19.5 Å². The molecule has 1 heterocycles. The van der Waals surface area contributed by atoms with Crippen molar-refractivity contribution in [1.82, 2.24) is 15.2 Å². The molecule has 0 aliphatic heterocycles. The van der Waals surface area contributed by atoms with Crippen LogP contribution in [0.1, 0.15) is 61.4 Å². The zero-order valence-electron chi connectivity index (χ0n) is 17.9. The standard InChI is InChI=1S/C23H31N3O4/c1-4-5-8-19(22(28)24-18-9-6-7-17(18)23(29)30)25-21(27)15-10-11-16-14(2)13-26(3)20(16)12-15/h10-13,17-19H,4-9H2,1-3H3,(H,24,28)(H,25,27)(H,29,30)/t17-,18+,19+/m1/s1. The van der Waals surface area contributed by atoms with E-state index in [4.69, 9.17) is 0 Å². The van der Waals surface area contributed by atoms with Gasteiger partial charge in [-0.3, -0.25) is 14.4 Å². The third kappa shape index (κ3) is 4.66.